The van der Waals surface area contributed by atoms with Gasteiger partial charge in [-0.25, -0.2) is 4.79 Å². The fourth-order valence-electron chi connectivity index (χ4n) is 2.64. The molecule has 2 rings (SSSR count). The molecule has 6 nitrogen and oxygen atoms in total. The highest BCUT2D eigenvalue weighted by molar-refractivity contribution is 5.89. The number of anilines is 1. The Bertz CT molecular complexity index is 515. The fourth-order valence-corrected chi connectivity index (χ4v) is 2.64. The summed E-state index contributed by atoms with van der Waals surface area (Å²) < 4.78 is 0. The zero-order chi connectivity index (χ0) is 15.9. The molecule has 1 aromatic carbocycles. The van der Waals surface area contributed by atoms with Crippen molar-refractivity contribution < 1.29 is 9.59 Å². The van der Waals surface area contributed by atoms with Crippen LogP contribution < -0.4 is 16.4 Å². The number of amides is 3. The summed E-state index contributed by atoms with van der Waals surface area (Å²) in [4.78, 5) is 25.3. The summed E-state index contributed by atoms with van der Waals surface area (Å²) in [6.45, 7) is 4.05. The first-order valence-corrected chi connectivity index (χ1v) is 7.68. The van der Waals surface area contributed by atoms with Gasteiger partial charge in [-0.1, -0.05) is 17.7 Å². The molecule has 22 heavy (non-hydrogen) atoms. The van der Waals surface area contributed by atoms with E-state index in [0.717, 1.165) is 30.6 Å². The van der Waals surface area contributed by atoms with Crippen LogP contribution in [0.25, 0.3) is 0 Å². The molecule has 1 aromatic rings. The van der Waals surface area contributed by atoms with E-state index in [2.05, 4.69) is 10.6 Å². The molecule has 1 saturated heterocycles. The minimum Gasteiger partial charge on any atom is -0.341 e. The van der Waals surface area contributed by atoms with Crippen LogP contribution in [0.15, 0.2) is 24.3 Å². The Balaban J connectivity index is 1.76. The third-order valence-electron chi connectivity index (χ3n) is 3.91. The smallest absolute Gasteiger partial charge is 0.319 e. The molecule has 4 N–H and O–H groups in total. The number of rotatable bonds is 4. The van der Waals surface area contributed by atoms with E-state index in [-0.39, 0.29) is 24.4 Å². The van der Waals surface area contributed by atoms with Crippen LogP contribution in [0.5, 0.6) is 0 Å². The Morgan fingerprint density at radius 2 is 2.05 bits per heavy atom. The van der Waals surface area contributed by atoms with Gasteiger partial charge in [0.25, 0.3) is 0 Å². The van der Waals surface area contributed by atoms with E-state index >= 15 is 0 Å². The van der Waals surface area contributed by atoms with Crippen molar-refractivity contribution >= 4 is 17.6 Å². The first-order valence-electron chi connectivity index (χ1n) is 7.68. The summed E-state index contributed by atoms with van der Waals surface area (Å²) in [7, 11) is 0. The summed E-state index contributed by atoms with van der Waals surface area (Å²) in [5, 5.41) is 5.68. The number of piperidine rings is 1. The molecule has 1 fully saturated rings. The van der Waals surface area contributed by atoms with Crippen molar-refractivity contribution in [1.29, 1.82) is 0 Å². The van der Waals surface area contributed by atoms with E-state index in [9.17, 15) is 9.59 Å². The number of likely N-dealkylation sites (tertiary alicyclic amines) is 1. The maximum atomic E-state index is 11.9. The summed E-state index contributed by atoms with van der Waals surface area (Å²) in [6.07, 6.45) is 1.97. The predicted octanol–water partition coefficient (Wildman–Crippen LogP) is 1.31. The first-order chi connectivity index (χ1) is 10.6. The zero-order valence-electron chi connectivity index (χ0n) is 13.0. The lowest BCUT2D eigenvalue weighted by molar-refractivity contribution is -0.131. The quantitative estimate of drug-likeness (QED) is 0.784. The van der Waals surface area contributed by atoms with Gasteiger partial charge in [-0.05, 0) is 37.8 Å². The standard InChI is InChI=1S/C16H24N4O2/c1-12-4-6-14(7-5-12)19-16(22)18-10-13-3-2-8-20(11-13)15(21)9-17/h4-7,13H,2-3,8-11,17H2,1H3,(H2,18,19,22). The fraction of sp³-hybridized carbons (Fsp3) is 0.500. The van der Waals surface area contributed by atoms with Crippen LogP contribution in [0.4, 0.5) is 10.5 Å². The number of hydrogen-bond donors (Lipinski definition) is 3. The summed E-state index contributed by atoms with van der Waals surface area (Å²) in [5.41, 5.74) is 7.32. The number of benzene rings is 1. The second-order valence-corrected chi connectivity index (χ2v) is 5.75. The Morgan fingerprint density at radius 1 is 1.32 bits per heavy atom. The van der Waals surface area contributed by atoms with Gasteiger partial charge >= 0.3 is 6.03 Å². The van der Waals surface area contributed by atoms with E-state index in [1.165, 1.54) is 0 Å². The van der Waals surface area contributed by atoms with Gasteiger partial charge in [0.05, 0.1) is 6.54 Å². The maximum absolute atomic E-state index is 11.9. The molecule has 1 aliphatic rings. The number of nitrogens with zero attached hydrogens (tertiary/aromatic N) is 1. The molecule has 3 amide bonds. The molecule has 0 aromatic heterocycles. The second kappa shape index (κ2) is 7.79. The number of nitrogens with two attached hydrogens (primary N) is 1. The molecule has 0 spiro atoms. The van der Waals surface area contributed by atoms with Crippen molar-refractivity contribution in [2.24, 2.45) is 11.7 Å². The monoisotopic (exact) mass is 304 g/mol. The van der Waals surface area contributed by atoms with E-state index < -0.39 is 0 Å². The van der Waals surface area contributed by atoms with Crippen LogP contribution in [-0.4, -0.2) is 43.0 Å². The van der Waals surface area contributed by atoms with E-state index in [4.69, 9.17) is 5.73 Å². The molecule has 0 bridgehead atoms. The van der Waals surface area contributed by atoms with Crippen LogP contribution in [0, 0.1) is 12.8 Å². The number of hydrogen-bond acceptors (Lipinski definition) is 3. The minimum absolute atomic E-state index is 0.0196. The molecule has 120 valence electrons. The number of carbonyl (C=O) groups is 2. The van der Waals surface area contributed by atoms with Gasteiger partial charge < -0.3 is 21.3 Å². The maximum Gasteiger partial charge on any atom is 0.319 e. The Hall–Kier alpha value is -2.08. The van der Waals surface area contributed by atoms with E-state index in [0.29, 0.717) is 13.1 Å². The average molecular weight is 304 g/mol. The second-order valence-electron chi connectivity index (χ2n) is 5.75. The Labute approximate surface area is 131 Å². The highest BCUT2D eigenvalue weighted by Gasteiger charge is 2.23. The molecule has 1 atom stereocenters. The number of carbonyl (C=O) groups excluding carboxylic acids is 2. The van der Waals surface area contributed by atoms with Crippen LogP contribution in [0.1, 0.15) is 18.4 Å². The van der Waals surface area contributed by atoms with Crippen molar-refractivity contribution in [1.82, 2.24) is 10.2 Å². The summed E-state index contributed by atoms with van der Waals surface area (Å²) in [6, 6.07) is 7.43. The van der Waals surface area contributed by atoms with Crippen LogP contribution in [0.3, 0.4) is 0 Å². The van der Waals surface area contributed by atoms with Gasteiger partial charge in [0, 0.05) is 25.3 Å². The first kappa shape index (κ1) is 16.3. The molecule has 1 heterocycles. The minimum atomic E-state index is -0.217. The molecule has 1 unspecified atom stereocenters. The van der Waals surface area contributed by atoms with Crippen LogP contribution in [0.2, 0.25) is 0 Å². The van der Waals surface area contributed by atoms with Crippen molar-refractivity contribution in [3.05, 3.63) is 29.8 Å². The SMILES string of the molecule is Cc1ccc(NC(=O)NCC2CCCN(C(=O)CN)C2)cc1. The lowest BCUT2D eigenvalue weighted by Crippen LogP contribution is -2.46. The van der Waals surface area contributed by atoms with Gasteiger partial charge in [0.15, 0.2) is 0 Å². The third kappa shape index (κ3) is 4.73. The molecule has 0 aliphatic carbocycles. The zero-order valence-corrected chi connectivity index (χ0v) is 13.0. The predicted molar refractivity (Wildman–Crippen MR) is 86.6 cm³/mol. The summed E-state index contributed by atoms with van der Waals surface area (Å²) in [5.74, 6) is 0.266. The van der Waals surface area contributed by atoms with Crippen molar-refractivity contribution in [3.8, 4) is 0 Å². The third-order valence-corrected chi connectivity index (χ3v) is 3.91. The van der Waals surface area contributed by atoms with E-state index in [1.54, 1.807) is 4.90 Å². The number of nitrogens with one attached hydrogen (secondary N) is 2. The number of urea groups is 1. The summed E-state index contributed by atoms with van der Waals surface area (Å²) >= 11 is 0. The van der Waals surface area contributed by atoms with Gasteiger partial charge in [0.1, 0.15) is 0 Å². The van der Waals surface area contributed by atoms with Crippen molar-refractivity contribution in [2.75, 3.05) is 31.5 Å². The van der Waals surface area contributed by atoms with Crippen molar-refractivity contribution in [3.63, 3.8) is 0 Å². The normalized spacial score (nSPS) is 17.9. The lowest BCUT2D eigenvalue weighted by atomic mass is 9.98. The molecule has 0 radical (unpaired) electrons. The van der Waals surface area contributed by atoms with Gasteiger partial charge in [0.2, 0.25) is 5.91 Å². The molecule has 0 saturated carbocycles. The highest BCUT2D eigenvalue weighted by atomic mass is 16.2. The van der Waals surface area contributed by atoms with Gasteiger partial charge in [-0.2, -0.15) is 0 Å². The topological polar surface area (TPSA) is 87.5 Å². The Morgan fingerprint density at radius 3 is 2.73 bits per heavy atom. The number of aryl methyl sites for hydroxylation is 1. The molecule has 1 aliphatic heterocycles. The van der Waals surface area contributed by atoms with Crippen molar-refractivity contribution in [2.45, 2.75) is 19.8 Å². The molecular formula is C16H24N4O2. The molecule has 6 heteroatoms. The average Bonchev–Trinajstić information content (AvgIpc) is 2.54. The van der Waals surface area contributed by atoms with Gasteiger partial charge in [-0.15, -0.1) is 0 Å². The largest absolute Gasteiger partial charge is 0.341 e. The van der Waals surface area contributed by atoms with Crippen LogP contribution in [-0.2, 0) is 4.79 Å². The highest BCUT2D eigenvalue weighted by Crippen LogP contribution is 2.15. The van der Waals surface area contributed by atoms with E-state index in [1.807, 2.05) is 31.2 Å². The van der Waals surface area contributed by atoms with Crippen LogP contribution >= 0.6 is 0 Å². The lowest BCUT2D eigenvalue weighted by Gasteiger charge is -2.32. The Kier molecular flexibility index (Phi) is 5.77. The molecular weight excluding hydrogens is 280 g/mol. The van der Waals surface area contributed by atoms with Gasteiger partial charge in [-0.3, -0.25) is 4.79 Å².